The van der Waals surface area contributed by atoms with Crippen molar-refractivity contribution >= 4 is 17.6 Å². The highest BCUT2D eigenvalue weighted by Crippen LogP contribution is 2.44. The second-order valence-corrected chi connectivity index (χ2v) is 5.94. The number of carboxylic acids is 1. The number of carboxylic acid groups (broad SMARTS) is 1. The van der Waals surface area contributed by atoms with Crippen molar-refractivity contribution in [3.05, 3.63) is 29.3 Å². The topological polar surface area (TPSA) is 75.6 Å². The van der Waals surface area contributed by atoms with Crippen LogP contribution in [-0.2, 0) is 14.3 Å². The van der Waals surface area contributed by atoms with E-state index >= 15 is 0 Å². The first-order valence-electron chi connectivity index (χ1n) is 7.24. The lowest BCUT2D eigenvalue weighted by Gasteiger charge is -2.24. The molecule has 3 rings (SSSR count). The number of benzene rings is 1. The minimum Gasteiger partial charge on any atom is -0.481 e. The Morgan fingerprint density at radius 3 is 2.29 bits per heavy atom. The summed E-state index contributed by atoms with van der Waals surface area (Å²) in [5.74, 6) is -2.51. The van der Waals surface area contributed by atoms with Gasteiger partial charge < -0.3 is 15.2 Å². The summed E-state index contributed by atoms with van der Waals surface area (Å²) < 4.78 is 5.64. The van der Waals surface area contributed by atoms with E-state index in [1.807, 2.05) is 32.0 Å². The molecule has 5 heteroatoms. The summed E-state index contributed by atoms with van der Waals surface area (Å²) in [5.41, 5.74) is 2.72. The predicted octanol–water partition coefficient (Wildman–Crippen LogP) is 2.12. The number of anilines is 1. The van der Waals surface area contributed by atoms with Crippen LogP contribution in [0.15, 0.2) is 18.2 Å². The van der Waals surface area contributed by atoms with Gasteiger partial charge in [-0.05, 0) is 37.8 Å². The van der Waals surface area contributed by atoms with Gasteiger partial charge in [0.05, 0.1) is 24.0 Å². The van der Waals surface area contributed by atoms with Gasteiger partial charge in [-0.2, -0.15) is 0 Å². The third kappa shape index (κ3) is 2.31. The van der Waals surface area contributed by atoms with Gasteiger partial charge in [0.25, 0.3) is 0 Å². The molecule has 2 fully saturated rings. The minimum atomic E-state index is -0.941. The van der Waals surface area contributed by atoms with E-state index in [1.54, 1.807) is 0 Å². The van der Waals surface area contributed by atoms with Gasteiger partial charge >= 0.3 is 5.97 Å². The van der Waals surface area contributed by atoms with Crippen molar-refractivity contribution in [3.8, 4) is 0 Å². The molecule has 2 aliphatic heterocycles. The SMILES string of the molecule is Cc1cccc(C)c1NC(=O)C1C(C(=O)O)[C@@H]2CC[C@H]1O2. The Morgan fingerprint density at radius 1 is 1.14 bits per heavy atom. The van der Waals surface area contributed by atoms with Crippen LogP contribution in [0.4, 0.5) is 5.69 Å². The number of hydrogen-bond donors (Lipinski definition) is 2. The van der Waals surface area contributed by atoms with Crippen LogP contribution >= 0.6 is 0 Å². The van der Waals surface area contributed by atoms with Crippen molar-refractivity contribution in [1.29, 1.82) is 0 Å². The second-order valence-electron chi connectivity index (χ2n) is 5.94. The van der Waals surface area contributed by atoms with Crippen molar-refractivity contribution in [2.75, 3.05) is 5.32 Å². The number of aryl methyl sites for hydroxylation is 2. The third-order valence-corrected chi connectivity index (χ3v) is 4.59. The first-order chi connectivity index (χ1) is 9.99. The number of carbonyl (C=O) groups is 2. The molecule has 2 heterocycles. The summed E-state index contributed by atoms with van der Waals surface area (Å²) in [7, 11) is 0. The zero-order valence-electron chi connectivity index (χ0n) is 12.1. The average molecular weight is 289 g/mol. The number of amides is 1. The molecule has 0 radical (unpaired) electrons. The predicted molar refractivity (Wildman–Crippen MR) is 77.1 cm³/mol. The first-order valence-corrected chi connectivity index (χ1v) is 7.24. The molecule has 1 aromatic carbocycles. The van der Waals surface area contributed by atoms with Gasteiger partial charge in [0, 0.05) is 5.69 Å². The van der Waals surface area contributed by atoms with Gasteiger partial charge in [-0.15, -0.1) is 0 Å². The molecule has 0 aliphatic carbocycles. The Morgan fingerprint density at radius 2 is 1.71 bits per heavy atom. The van der Waals surface area contributed by atoms with Crippen LogP contribution in [0, 0.1) is 25.7 Å². The van der Waals surface area contributed by atoms with Gasteiger partial charge in [0.1, 0.15) is 0 Å². The number of rotatable bonds is 3. The van der Waals surface area contributed by atoms with E-state index in [1.165, 1.54) is 0 Å². The normalized spacial score (nSPS) is 30.4. The Kier molecular flexibility index (Phi) is 3.45. The highest BCUT2D eigenvalue weighted by atomic mass is 16.5. The van der Waals surface area contributed by atoms with Crippen LogP contribution in [0.3, 0.4) is 0 Å². The van der Waals surface area contributed by atoms with Crippen molar-refractivity contribution in [2.45, 2.75) is 38.9 Å². The zero-order chi connectivity index (χ0) is 15.1. The van der Waals surface area contributed by atoms with Gasteiger partial charge in [0.2, 0.25) is 5.91 Å². The summed E-state index contributed by atoms with van der Waals surface area (Å²) in [6.07, 6.45) is 0.912. The highest BCUT2D eigenvalue weighted by Gasteiger charge is 2.55. The zero-order valence-corrected chi connectivity index (χ0v) is 12.1. The standard InChI is InChI=1S/C16H19NO4/c1-8-4-3-5-9(2)14(8)17-15(18)12-10-6-7-11(21-10)13(12)16(19)20/h3-5,10-13H,6-7H2,1-2H3,(H,17,18)(H,19,20)/t10-,11+,12?,13?/m1/s1. The second kappa shape index (κ2) is 5.15. The summed E-state index contributed by atoms with van der Waals surface area (Å²) in [5, 5.41) is 12.3. The average Bonchev–Trinajstić information content (AvgIpc) is 3.03. The molecule has 2 unspecified atom stereocenters. The molecule has 2 saturated heterocycles. The Balaban J connectivity index is 1.83. The maximum atomic E-state index is 12.6. The van der Waals surface area contributed by atoms with E-state index in [-0.39, 0.29) is 18.1 Å². The maximum absolute atomic E-state index is 12.6. The Labute approximate surface area is 123 Å². The number of aliphatic carboxylic acids is 1. The molecule has 2 bridgehead atoms. The minimum absolute atomic E-state index is 0.244. The number of para-hydroxylation sites is 1. The molecular weight excluding hydrogens is 270 g/mol. The molecule has 5 nitrogen and oxygen atoms in total. The van der Waals surface area contributed by atoms with Gasteiger partial charge in [-0.3, -0.25) is 9.59 Å². The van der Waals surface area contributed by atoms with E-state index in [0.29, 0.717) is 0 Å². The number of nitrogens with one attached hydrogen (secondary N) is 1. The van der Waals surface area contributed by atoms with Crippen LogP contribution in [0.2, 0.25) is 0 Å². The molecule has 0 aromatic heterocycles. The van der Waals surface area contributed by atoms with Gasteiger partial charge in [0.15, 0.2) is 0 Å². The largest absolute Gasteiger partial charge is 0.481 e. The fraction of sp³-hybridized carbons (Fsp3) is 0.500. The van der Waals surface area contributed by atoms with E-state index in [0.717, 1.165) is 29.7 Å². The number of ether oxygens (including phenoxy) is 1. The van der Waals surface area contributed by atoms with Crippen molar-refractivity contribution in [1.82, 2.24) is 0 Å². The van der Waals surface area contributed by atoms with E-state index in [2.05, 4.69) is 5.32 Å². The lowest BCUT2D eigenvalue weighted by molar-refractivity contribution is -0.147. The van der Waals surface area contributed by atoms with Crippen molar-refractivity contribution in [2.24, 2.45) is 11.8 Å². The highest BCUT2D eigenvalue weighted by molar-refractivity contribution is 5.97. The molecular formula is C16H19NO4. The fourth-order valence-electron chi connectivity index (χ4n) is 3.54. The monoisotopic (exact) mass is 289 g/mol. The van der Waals surface area contributed by atoms with E-state index in [9.17, 15) is 14.7 Å². The molecule has 2 N–H and O–H groups in total. The molecule has 0 spiro atoms. The van der Waals surface area contributed by atoms with Crippen LogP contribution in [0.25, 0.3) is 0 Å². The maximum Gasteiger partial charge on any atom is 0.310 e. The molecule has 4 atom stereocenters. The molecule has 1 amide bonds. The quantitative estimate of drug-likeness (QED) is 0.893. The smallest absolute Gasteiger partial charge is 0.310 e. The first kappa shape index (κ1) is 14.1. The van der Waals surface area contributed by atoms with Crippen molar-refractivity contribution in [3.63, 3.8) is 0 Å². The molecule has 1 aromatic rings. The summed E-state index contributed by atoms with van der Waals surface area (Å²) in [6, 6.07) is 5.78. The Bertz CT molecular complexity index is 578. The van der Waals surface area contributed by atoms with E-state index in [4.69, 9.17) is 4.74 Å². The van der Waals surface area contributed by atoms with Crippen LogP contribution < -0.4 is 5.32 Å². The summed E-state index contributed by atoms with van der Waals surface area (Å²) in [6.45, 7) is 3.85. The number of carbonyl (C=O) groups excluding carboxylic acids is 1. The fourth-order valence-corrected chi connectivity index (χ4v) is 3.54. The summed E-state index contributed by atoms with van der Waals surface area (Å²) in [4.78, 5) is 24.0. The van der Waals surface area contributed by atoms with Gasteiger partial charge in [-0.25, -0.2) is 0 Å². The van der Waals surface area contributed by atoms with Crippen LogP contribution in [-0.4, -0.2) is 29.2 Å². The molecule has 112 valence electrons. The molecule has 2 aliphatic rings. The number of hydrogen-bond acceptors (Lipinski definition) is 3. The van der Waals surface area contributed by atoms with E-state index < -0.39 is 17.8 Å². The lowest BCUT2D eigenvalue weighted by atomic mass is 9.78. The molecule has 21 heavy (non-hydrogen) atoms. The van der Waals surface area contributed by atoms with Gasteiger partial charge in [-0.1, -0.05) is 18.2 Å². The lowest BCUT2D eigenvalue weighted by Crippen LogP contribution is -2.41. The van der Waals surface area contributed by atoms with Crippen molar-refractivity contribution < 1.29 is 19.4 Å². The molecule has 0 saturated carbocycles. The van der Waals surface area contributed by atoms with Crippen LogP contribution in [0.5, 0.6) is 0 Å². The van der Waals surface area contributed by atoms with Crippen LogP contribution in [0.1, 0.15) is 24.0 Å². The Hall–Kier alpha value is -1.88. The summed E-state index contributed by atoms with van der Waals surface area (Å²) >= 11 is 0. The third-order valence-electron chi connectivity index (χ3n) is 4.59. The number of fused-ring (bicyclic) bond motifs is 2.